The van der Waals surface area contributed by atoms with E-state index in [2.05, 4.69) is 15.3 Å². The number of hydrogen-bond acceptors (Lipinski definition) is 5. The number of nitrogens with one attached hydrogen (secondary N) is 1. The second-order valence-electron chi connectivity index (χ2n) is 7.13. The van der Waals surface area contributed by atoms with Gasteiger partial charge in [-0.1, -0.05) is 0 Å². The molecule has 2 aromatic heterocycles. The van der Waals surface area contributed by atoms with E-state index in [4.69, 9.17) is 0 Å². The van der Waals surface area contributed by atoms with Crippen LogP contribution in [0.1, 0.15) is 46.2 Å². The summed E-state index contributed by atoms with van der Waals surface area (Å²) in [6.45, 7) is 5.00. The lowest BCUT2D eigenvalue weighted by molar-refractivity contribution is 0.0793. The van der Waals surface area contributed by atoms with Crippen molar-refractivity contribution >= 4 is 46.5 Å². The largest absolute Gasteiger partial charge is 0.354 e. The van der Waals surface area contributed by atoms with E-state index >= 15 is 0 Å². The van der Waals surface area contributed by atoms with Crippen LogP contribution < -0.4 is 5.32 Å². The maximum absolute atomic E-state index is 13.1. The van der Waals surface area contributed by atoms with Crippen LogP contribution in [0.5, 0.6) is 0 Å². The Morgan fingerprint density at radius 3 is 2.38 bits per heavy atom. The zero-order chi connectivity index (χ0) is 19.7. The molecular weight excluding hydrogens is 388 g/mol. The monoisotopic (exact) mass is 410 g/mol. The molecule has 1 amide bonds. The number of pyridine rings is 2. The Kier molecular flexibility index (Phi) is 6.13. The Labute approximate surface area is 175 Å². The number of carbonyl (C=O) groups is 2. The van der Waals surface area contributed by atoms with Gasteiger partial charge in [-0.05, 0) is 63.1 Å². The number of aryl methyl sites for hydroxylation is 1. The summed E-state index contributed by atoms with van der Waals surface area (Å²) in [5.41, 5.74) is 4.15. The van der Waals surface area contributed by atoms with Crippen LogP contribution in [0.3, 0.4) is 0 Å². The fraction of sp³-hybridized carbons (Fsp3) is 0.273. The summed E-state index contributed by atoms with van der Waals surface area (Å²) in [5, 5.41) is 4.16. The SMILES string of the molecule is CC(=O)c1ccc(Nc2c(C(=O)N3CCCC3)cnc3nc(C)ccc23)cc1.Cl. The first-order chi connectivity index (χ1) is 13.5. The number of amides is 1. The van der Waals surface area contributed by atoms with Gasteiger partial charge < -0.3 is 10.2 Å². The van der Waals surface area contributed by atoms with Crippen LogP contribution in [0, 0.1) is 6.92 Å². The molecule has 1 saturated heterocycles. The molecule has 1 aliphatic rings. The van der Waals surface area contributed by atoms with E-state index < -0.39 is 0 Å². The zero-order valence-electron chi connectivity index (χ0n) is 16.4. The van der Waals surface area contributed by atoms with E-state index in [1.807, 2.05) is 36.1 Å². The van der Waals surface area contributed by atoms with Crippen molar-refractivity contribution < 1.29 is 9.59 Å². The van der Waals surface area contributed by atoms with Crippen molar-refractivity contribution in [1.82, 2.24) is 14.9 Å². The number of halogens is 1. The third-order valence-corrected chi connectivity index (χ3v) is 5.05. The van der Waals surface area contributed by atoms with E-state index in [1.165, 1.54) is 0 Å². The maximum atomic E-state index is 13.1. The molecule has 7 heteroatoms. The van der Waals surface area contributed by atoms with Gasteiger partial charge in [0.05, 0.1) is 11.3 Å². The van der Waals surface area contributed by atoms with Crippen molar-refractivity contribution in [2.24, 2.45) is 0 Å². The van der Waals surface area contributed by atoms with Gasteiger partial charge >= 0.3 is 0 Å². The first-order valence-corrected chi connectivity index (χ1v) is 9.46. The molecule has 0 atom stereocenters. The number of aromatic nitrogens is 2. The average molecular weight is 411 g/mol. The minimum atomic E-state index is -0.0182. The minimum absolute atomic E-state index is 0. The van der Waals surface area contributed by atoms with Crippen molar-refractivity contribution in [2.45, 2.75) is 26.7 Å². The van der Waals surface area contributed by atoms with Gasteiger partial charge in [0.15, 0.2) is 11.4 Å². The van der Waals surface area contributed by atoms with Gasteiger partial charge in [0.1, 0.15) is 0 Å². The number of hydrogen-bond donors (Lipinski definition) is 1. The summed E-state index contributed by atoms with van der Waals surface area (Å²) in [6.07, 6.45) is 3.67. The fourth-order valence-corrected chi connectivity index (χ4v) is 3.49. The Hall–Kier alpha value is -2.99. The predicted molar refractivity (Wildman–Crippen MR) is 116 cm³/mol. The van der Waals surface area contributed by atoms with Crippen LogP contribution in [-0.2, 0) is 0 Å². The fourth-order valence-electron chi connectivity index (χ4n) is 3.49. The summed E-state index contributed by atoms with van der Waals surface area (Å²) in [6, 6.07) is 11.1. The molecule has 0 unspecified atom stereocenters. The van der Waals surface area contributed by atoms with E-state index in [0.717, 1.165) is 42.7 Å². The van der Waals surface area contributed by atoms with Crippen LogP contribution >= 0.6 is 12.4 Å². The molecular formula is C22H23ClN4O2. The van der Waals surface area contributed by atoms with Gasteiger partial charge in [-0.25, -0.2) is 9.97 Å². The number of ketones is 1. The predicted octanol–water partition coefficient (Wildman–Crippen LogP) is 4.54. The smallest absolute Gasteiger partial charge is 0.257 e. The molecule has 1 N–H and O–H groups in total. The average Bonchev–Trinajstić information content (AvgIpc) is 3.22. The van der Waals surface area contributed by atoms with Crippen molar-refractivity contribution in [3.8, 4) is 0 Å². The summed E-state index contributed by atoms with van der Waals surface area (Å²) < 4.78 is 0. The molecule has 0 bridgehead atoms. The molecule has 1 aliphatic heterocycles. The van der Waals surface area contributed by atoms with Crippen LogP contribution in [-0.4, -0.2) is 39.6 Å². The van der Waals surface area contributed by atoms with E-state index in [0.29, 0.717) is 22.5 Å². The Morgan fingerprint density at radius 2 is 1.72 bits per heavy atom. The van der Waals surface area contributed by atoms with Gasteiger partial charge in [-0.2, -0.15) is 0 Å². The highest BCUT2D eigenvalue weighted by Gasteiger charge is 2.24. The lowest BCUT2D eigenvalue weighted by Gasteiger charge is -2.19. The Bertz CT molecular complexity index is 1060. The van der Waals surface area contributed by atoms with Crippen molar-refractivity contribution in [3.05, 3.63) is 59.4 Å². The number of Topliss-reactive ketones (excluding diaryl/α,β-unsaturated/α-hetero) is 1. The number of carbonyl (C=O) groups excluding carboxylic acids is 2. The number of nitrogens with zero attached hydrogens (tertiary/aromatic N) is 3. The molecule has 29 heavy (non-hydrogen) atoms. The van der Waals surface area contributed by atoms with E-state index in [-0.39, 0.29) is 24.1 Å². The molecule has 150 valence electrons. The van der Waals surface area contributed by atoms with Crippen LogP contribution in [0.15, 0.2) is 42.6 Å². The number of likely N-dealkylation sites (tertiary alicyclic amines) is 1. The quantitative estimate of drug-likeness (QED) is 0.639. The summed E-state index contributed by atoms with van der Waals surface area (Å²) >= 11 is 0. The number of rotatable bonds is 4. The molecule has 6 nitrogen and oxygen atoms in total. The topological polar surface area (TPSA) is 75.2 Å². The van der Waals surface area contributed by atoms with E-state index in [1.54, 1.807) is 25.3 Å². The molecule has 3 aromatic rings. The third-order valence-electron chi connectivity index (χ3n) is 5.05. The minimum Gasteiger partial charge on any atom is -0.354 e. The lowest BCUT2D eigenvalue weighted by atomic mass is 10.1. The first-order valence-electron chi connectivity index (χ1n) is 9.46. The Morgan fingerprint density at radius 1 is 1.03 bits per heavy atom. The number of benzene rings is 1. The van der Waals surface area contributed by atoms with Gasteiger partial charge in [0, 0.05) is 41.6 Å². The molecule has 0 radical (unpaired) electrons. The molecule has 1 aromatic carbocycles. The highest BCUT2D eigenvalue weighted by atomic mass is 35.5. The number of fused-ring (bicyclic) bond motifs is 1. The standard InChI is InChI=1S/C22H22N4O2.ClH/c1-14-5-10-18-20(25-17-8-6-16(7-9-17)15(2)27)19(13-23-21(18)24-14)22(28)26-11-3-4-12-26;/h5-10,13H,3-4,11-12H2,1-2H3,(H,23,24,25);1H. The highest BCUT2D eigenvalue weighted by molar-refractivity contribution is 6.07. The second-order valence-corrected chi connectivity index (χ2v) is 7.13. The van der Waals surface area contributed by atoms with Crippen LogP contribution in [0.4, 0.5) is 11.4 Å². The van der Waals surface area contributed by atoms with Gasteiger partial charge in [0.2, 0.25) is 0 Å². The molecule has 0 aliphatic carbocycles. The van der Waals surface area contributed by atoms with Gasteiger partial charge in [-0.3, -0.25) is 9.59 Å². The zero-order valence-corrected chi connectivity index (χ0v) is 17.3. The van der Waals surface area contributed by atoms with Crippen molar-refractivity contribution in [3.63, 3.8) is 0 Å². The highest BCUT2D eigenvalue weighted by Crippen LogP contribution is 2.30. The second kappa shape index (κ2) is 8.57. The van der Waals surface area contributed by atoms with Crippen molar-refractivity contribution in [2.75, 3.05) is 18.4 Å². The van der Waals surface area contributed by atoms with Gasteiger partial charge in [0.25, 0.3) is 5.91 Å². The van der Waals surface area contributed by atoms with Gasteiger partial charge in [-0.15, -0.1) is 12.4 Å². The lowest BCUT2D eigenvalue weighted by Crippen LogP contribution is -2.28. The first kappa shape index (κ1) is 20.7. The third kappa shape index (κ3) is 4.22. The molecule has 1 fully saturated rings. The maximum Gasteiger partial charge on any atom is 0.257 e. The normalized spacial score (nSPS) is 13.2. The summed E-state index contributed by atoms with van der Waals surface area (Å²) in [5.74, 6) is 0.000757. The van der Waals surface area contributed by atoms with E-state index in [9.17, 15) is 9.59 Å². The van der Waals surface area contributed by atoms with Crippen LogP contribution in [0.25, 0.3) is 11.0 Å². The molecule has 0 saturated carbocycles. The number of anilines is 2. The van der Waals surface area contributed by atoms with Crippen molar-refractivity contribution in [1.29, 1.82) is 0 Å². The Balaban J connectivity index is 0.00000240. The molecule has 4 rings (SSSR count). The molecule has 0 spiro atoms. The van der Waals surface area contributed by atoms with Crippen LogP contribution in [0.2, 0.25) is 0 Å². The molecule has 3 heterocycles. The summed E-state index contributed by atoms with van der Waals surface area (Å²) in [4.78, 5) is 35.4. The summed E-state index contributed by atoms with van der Waals surface area (Å²) in [7, 11) is 0.